The van der Waals surface area contributed by atoms with Gasteiger partial charge in [-0.15, -0.1) is 0 Å². The number of aryl methyl sites for hydroxylation is 2. The van der Waals surface area contributed by atoms with E-state index < -0.39 is 0 Å². The number of aromatic amines is 2. The van der Waals surface area contributed by atoms with Gasteiger partial charge in [-0.2, -0.15) is 5.10 Å². The summed E-state index contributed by atoms with van der Waals surface area (Å²) in [6, 6.07) is 7.21. The predicted octanol–water partition coefficient (Wildman–Crippen LogP) is 3.53. The highest BCUT2D eigenvalue weighted by atomic mass is 16.5. The average molecular weight is 407 g/mol. The van der Waals surface area contributed by atoms with Gasteiger partial charge in [0.15, 0.2) is 17.1 Å². The zero-order chi connectivity index (χ0) is 21.4. The Morgan fingerprint density at radius 2 is 1.77 bits per heavy atom. The number of ether oxygens (including phenoxy) is 2. The lowest BCUT2D eigenvalue weighted by molar-refractivity contribution is 0.355. The molecule has 4 rings (SSSR count). The van der Waals surface area contributed by atoms with Crippen LogP contribution in [-0.4, -0.2) is 39.0 Å². The lowest BCUT2D eigenvalue weighted by atomic mass is 10.0. The molecule has 8 nitrogen and oxygen atoms in total. The largest absolute Gasteiger partial charge is 0.493 e. The molecule has 4 aromatic rings. The van der Waals surface area contributed by atoms with Crippen LogP contribution >= 0.6 is 0 Å². The number of aromatic nitrogens is 5. The summed E-state index contributed by atoms with van der Waals surface area (Å²) in [6.45, 7) is 6.09. The summed E-state index contributed by atoms with van der Waals surface area (Å²) in [5.41, 5.74) is 6.33. The molecule has 0 aliphatic heterocycles. The van der Waals surface area contributed by atoms with E-state index >= 15 is 0 Å². The van der Waals surface area contributed by atoms with Gasteiger partial charge >= 0.3 is 0 Å². The maximum Gasteiger partial charge on any atom is 0.273 e. The molecule has 0 fully saturated rings. The standard InChI is InChI=1S/C22H25N5O3/c1-6-14-12(3)21(25-24-14)16-11-19(28)27-22(23-16)20(15(7-2)26-27)13-8-9-17(29-4)18(10-13)30-5/h8-11,26H,6-7H2,1-5H3,(H,24,25). The summed E-state index contributed by atoms with van der Waals surface area (Å²) in [4.78, 5) is 17.7. The second kappa shape index (κ2) is 7.70. The van der Waals surface area contributed by atoms with Gasteiger partial charge in [0.05, 0.1) is 19.9 Å². The number of methoxy groups -OCH3 is 2. The molecule has 0 saturated carbocycles. The Morgan fingerprint density at radius 1 is 1.03 bits per heavy atom. The monoisotopic (exact) mass is 407 g/mol. The van der Waals surface area contributed by atoms with E-state index in [9.17, 15) is 4.79 Å². The van der Waals surface area contributed by atoms with Crippen LogP contribution in [0.25, 0.3) is 28.2 Å². The number of hydrogen-bond acceptors (Lipinski definition) is 5. The van der Waals surface area contributed by atoms with E-state index in [1.165, 1.54) is 10.6 Å². The van der Waals surface area contributed by atoms with Crippen molar-refractivity contribution in [1.29, 1.82) is 0 Å². The van der Waals surface area contributed by atoms with Gasteiger partial charge in [-0.05, 0) is 43.0 Å². The Bertz CT molecular complexity index is 1280. The minimum atomic E-state index is -0.183. The second-order valence-corrected chi connectivity index (χ2v) is 7.06. The van der Waals surface area contributed by atoms with Crippen LogP contribution in [-0.2, 0) is 12.8 Å². The SMILES string of the molecule is CCc1[nH]nc(-c2cc(=O)n3[nH]c(CC)c(-c4ccc(OC)c(OC)c4)c3n2)c1C. The minimum absolute atomic E-state index is 0.183. The van der Waals surface area contributed by atoms with E-state index in [1.807, 2.05) is 32.0 Å². The van der Waals surface area contributed by atoms with Crippen molar-refractivity contribution in [3.63, 3.8) is 0 Å². The molecule has 0 unspecified atom stereocenters. The Labute approximate surface area is 173 Å². The summed E-state index contributed by atoms with van der Waals surface area (Å²) < 4.78 is 12.3. The van der Waals surface area contributed by atoms with E-state index in [2.05, 4.69) is 22.2 Å². The van der Waals surface area contributed by atoms with E-state index in [-0.39, 0.29) is 5.56 Å². The first-order valence-electron chi connectivity index (χ1n) is 9.93. The van der Waals surface area contributed by atoms with Gasteiger partial charge < -0.3 is 9.47 Å². The molecular weight excluding hydrogens is 382 g/mol. The van der Waals surface area contributed by atoms with Gasteiger partial charge in [0, 0.05) is 23.0 Å². The summed E-state index contributed by atoms with van der Waals surface area (Å²) >= 11 is 0. The quantitative estimate of drug-likeness (QED) is 0.510. The van der Waals surface area contributed by atoms with Crippen molar-refractivity contribution >= 4 is 5.65 Å². The van der Waals surface area contributed by atoms with E-state index in [0.29, 0.717) is 35.0 Å². The van der Waals surface area contributed by atoms with Gasteiger partial charge in [-0.25, -0.2) is 9.50 Å². The van der Waals surface area contributed by atoms with Crippen LogP contribution in [0.4, 0.5) is 0 Å². The first kappa shape index (κ1) is 19.8. The molecule has 2 N–H and O–H groups in total. The van der Waals surface area contributed by atoms with E-state index in [0.717, 1.165) is 34.5 Å². The fourth-order valence-electron chi connectivity index (χ4n) is 3.78. The highest BCUT2D eigenvalue weighted by molar-refractivity contribution is 5.82. The summed E-state index contributed by atoms with van der Waals surface area (Å²) in [7, 11) is 3.20. The molecule has 30 heavy (non-hydrogen) atoms. The Morgan fingerprint density at radius 3 is 2.40 bits per heavy atom. The zero-order valence-electron chi connectivity index (χ0n) is 17.8. The summed E-state index contributed by atoms with van der Waals surface area (Å²) in [6.07, 6.45) is 1.55. The highest BCUT2D eigenvalue weighted by Crippen LogP contribution is 2.35. The first-order valence-corrected chi connectivity index (χ1v) is 9.93. The van der Waals surface area contributed by atoms with Gasteiger partial charge in [0.25, 0.3) is 5.56 Å². The van der Waals surface area contributed by atoms with Crippen LogP contribution < -0.4 is 15.0 Å². The Balaban J connectivity index is 1.99. The van der Waals surface area contributed by atoms with Crippen LogP contribution in [0.2, 0.25) is 0 Å². The molecular formula is C22H25N5O3. The molecule has 0 saturated heterocycles. The third-order valence-electron chi connectivity index (χ3n) is 5.42. The Hall–Kier alpha value is -3.55. The molecule has 0 spiro atoms. The minimum Gasteiger partial charge on any atom is -0.493 e. The van der Waals surface area contributed by atoms with E-state index in [1.54, 1.807) is 14.2 Å². The molecule has 0 radical (unpaired) electrons. The fourth-order valence-corrected chi connectivity index (χ4v) is 3.78. The number of fused-ring (bicyclic) bond motifs is 1. The maximum absolute atomic E-state index is 12.9. The predicted molar refractivity (Wildman–Crippen MR) is 115 cm³/mol. The van der Waals surface area contributed by atoms with Crippen molar-refractivity contribution in [3.05, 3.63) is 51.6 Å². The smallest absolute Gasteiger partial charge is 0.273 e. The topological polar surface area (TPSA) is 97.3 Å². The number of rotatable bonds is 6. The van der Waals surface area contributed by atoms with Gasteiger partial charge in [-0.3, -0.25) is 15.0 Å². The van der Waals surface area contributed by atoms with Crippen molar-refractivity contribution in [2.75, 3.05) is 14.2 Å². The van der Waals surface area contributed by atoms with Gasteiger partial charge in [0.1, 0.15) is 5.69 Å². The summed E-state index contributed by atoms with van der Waals surface area (Å²) in [5.74, 6) is 1.26. The number of nitrogens with zero attached hydrogens (tertiary/aromatic N) is 3. The molecule has 0 atom stereocenters. The molecule has 1 aromatic carbocycles. The molecule has 8 heteroatoms. The first-order chi connectivity index (χ1) is 14.5. The number of nitrogens with one attached hydrogen (secondary N) is 2. The van der Waals surface area contributed by atoms with Crippen LogP contribution in [0.5, 0.6) is 11.5 Å². The van der Waals surface area contributed by atoms with Crippen molar-refractivity contribution in [3.8, 4) is 34.0 Å². The molecule has 0 amide bonds. The lowest BCUT2D eigenvalue weighted by Crippen LogP contribution is -2.14. The second-order valence-electron chi connectivity index (χ2n) is 7.06. The summed E-state index contributed by atoms with van der Waals surface area (Å²) in [5, 5.41) is 10.6. The van der Waals surface area contributed by atoms with Gasteiger partial charge in [-0.1, -0.05) is 19.9 Å². The number of hydrogen-bond donors (Lipinski definition) is 2. The molecule has 0 bridgehead atoms. The molecule has 3 aromatic heterocycles. The Kier molecular flexibility index (Phi) is 5.07. The normalized spacial score (nSPS) is 11.2. The lowest BCUT2D eigenvalue weighted by Gasteiger charge is -2.10. The highest BCUT2D eigenvalue weighted by Gasteiger charge is 2.20. The maximum atomic E-state index is 12.9. The third-order valence-corrected chi connectivity index (χ3v) is 5.42. The van der Waals surface area contributed by atoms with Crippen LogP contribution in [0.15, 0.2) is 29.1 Å². The zero-order valence-corrected chi connectivity index (χ0v) is 17.8. The number of H-pyrrole nitrogens is 2. The molecule has 0 aliphatic rings. The fraction of sp³-hybridized carbons (Fsp3) is 0.318. The van der Waals surface area contributed by atoms with Crippen molar-refractivity contribution in [2.24, 2.45) is 0 Å². The van der Waals surface area contributed by atoms with Crippen LogP contribution in [0.1, 0.15) is 30.8 Å². The van der Waals surface area contributed by atoms with E-state index in [4.69, 9.17) is 14.5 Å². The van der Waals surface area contributed by atoms with Crippen molar-refractivity contribution in [2.45, 2.75) is 33.6 Å². The number of benzene rings is 1. The third kappa shape index (κ3) is 3.04. The van der Waals surface area contributed by atoms with Gasteiger partial charge in [0.2, 0.25) is 0 Å². The molecule has 0 aliphatic carbocycles. The van der Waals surface area contributed by atoms with Crippen LogP contribution in [0.3, 0.4) is 0 Å². The van der Waals surface area contributed by atoms with Crippen LogP contribution in [0, 0.1) is 6.92 Å². The van der Waals surface area contributed by atoms with Crippen molar-refractivity contribution < 1.29 is 9.47 Å². The average Bonchev–Trinajstić information content (AvgIpc) is 3.33. The molecule has 3 heterocycles. The van der Waals surface area contributed by atoms with Crippen molar-refractivity contribution in [1.82, 2.24) is 24.8 Å². The molecule has 156 valence electrons.